The van der Waals surface area contributed by atoms with E-state index in [1.807, 2.05) is 0 Å². The van der Waals surface area contributed by atoms with Crippen molar-refractivity contribution in [1.82, 2.24) is 0 Å². The number of rotatable bonds is 4. The average molecular weight is 507 g/mol. The van der Waals surface area contributed by atoms with Crippen LogP contribution in [0.4, 0.5) is 17.1 Å². The second-order valence-electron chi connectivity index (χ2n) is 11.0. The number of benzene rings is 3. The molecule has 0 saturated carbocycles. The molecule has 0 fully saturated rings. The molecule has 1 aliphatic carbocycles. The van der Waals surface area contributed by atoms with E-state index < -0.39 is 0 Å². The minimum absolute atomic E-state index is 0.0996. The van der Waals surface area contributed by atoms with Gasteiger partial charge in [0.05, 0.1) is 0 Å². The Labute approximate surface area is 233 Å². The Balaban J connectivity index is 1.76. The molecule has 2 nitrogen and oxygen atoms in total. The van der Waals surface area contributed by atoms with E-state index in [1.54, 1.807) is 0 Å². The van der Waals surface area contributed by atoms with E-state index in [2.05, 4.69) is 154 Å². The summed E-state index contributed by atoms with van der Waals surface area (Å²) < 4.78 is 0. The van der Waals surface area contributed by atoms with Crippen LogP contribution in [0.1, 0.15) is 34.6 Å². The minimum Gasteiger partial charge on any atom is -0.312 e. The van der Waals surface area contributed by atoms with E-state index in [0.717, 1.165) is 17.1 Å². The third kappa shape index (κ3) is 3.64. The Morgan fingerprint density at radius 3 is 1.92 bits per heavy atom. The molecule has 192 valence electrons. The zero-order valence-electron chi connectivity index (χ0n) is 23.6. The molecule has 0 aromatic heterocycles. The van der Waals surface area contributed by atoms with E-state index in [-0.39, 0.29) is 12.1 Å². The predicted octanol–water partition coefficient (Wildman–Crippen LogP) is 8.67. The van der Waals surface area contributed by atoms with Crippen LogP contribution in [0.15, 0.2) is 155 Å². The second-order valence-corrected chi connectivity index (χ2v) is 11.0. The highest BCUT2D eigenvalue weighted by atomic mass is 15.2. The average Bonchev–Trinajstić information content (AvgIpc) is 3.14. The Kier molecular flexibility index (Phi) is 6.11. The van der Waals surface area contributed by atoms with Gasteiger partial charge >= 0.3 is 0 Å². The first-order valence-electron chi connectivity index (χ1n) is 13.9. The third-order valence-electron chi connectivity index (χ3n) is 8.60. The Morgan fingerprint density at radius 1 is 0.744 bits per heavy atom. The first kappa shape index (κ1) is 25.1. The first-order valence-corrected chi connectivity index (χ1v) is 13.9. The quantitative estimate of drug-likeness (QED) is 0.327. The van der Waals surface area contributed by atoms with Gasteiger partial charge in [-0.05, 0) is 73.7 Å². The van der Waals surface area contributed by atoms with Crippen LogP contribution in [0.25, 0.3) is 0 Å². The van der Waals surface area contributed by atoms with E-state index in [9.17, 15) is 0 Å². The largest absolute Gasteiger partial charge is 0.312 e. The van der Waals surface area contributed by atoms with Gasteiger partial charge in [-0.25, -0.2) is 0 Å². The molecule has 0 saturated heterocycles. The lowest BCUT2D eigenvalue weighted by molar-refractivity contribution is 0.571. The fraction of sp³-hybridized carbons (Fsp3) is 0.167. The Hall–Kier alpha value is -4.24. The van der Waals surface area contributed by atoms with Crippen LogP contribution >= 0.6 is 0 Å². The summed E-state index contributed by atoms with van der Waals surface area (Å²) in [5.41, 5.74) is 13.6. The topological polar surface area (TPSA) is 6.48 Å². The number of fused-ring (bicyclic) bond motifs is 4. The summed E-state index contributed by atoms with van der Waals surface area (Å²) in [6.45, 7) is 16.3. The normalized spacial score (nSPS) is 18.5. The molecule has 39 heavy (non-hydrogen) atoms. The number of nitrogens with zero attached hydrogens (tertiary/aromatic N) is 2. The molecule has 0 N–H and O–H groups in total. The van der Waals surface area contributed by atoms with Gasteiger partial charge in [0.2, 0.25) is 6.71 Å². The minimum atomic E-state index is -0.128. The van der Waals surface area contributed by atoms with Crippen LogP contribution in [0, 0.1) is 5.41 Å². The summed E-state index contributed by atoms with van der Waals surface area (Å²) in [5, 5.41) is 0. The van der Waals surface area contributed by atoms with Crippen molar-refractivity contribution in [2.45, 2.75) is 34.6 Å². The zero-order chi connectivity index (χ0) is 27.3. The third-order valence-corrected chi connectivity index (χ3v) is 8.60. The fourth-order valence-electron chi connectivity index (χ4n) is 6.66. The van der Waals surface area contributed by atoms with Gasteiger partial charge in [0, 0.05) is 39.6 Å². The lowest BCUT2D eigenvalue weighted by Gasteiger charge is -2.47. The Bertz CT molecular complexity index is 1620. The maximum absolute atomic E-state index is 4.84. The molecule has 6 rings (SSSR count). The predicted molar refractivity (Wildman–Crippen MR) is 169 cm³/mol. The van der Waals surface area contributed by atoms with Gasteiger partial charge in [0.1, 0.15) is 0 Å². The number of para-hydroxylation sites is 3. The van der Waals surface area contributed by atoms with Crippen molar-refractivity contribution in [2.24, 2.45) is 5.41 Å². The SMILES string of the molecule is C=C1C2=C(/C=C\C)N(c3ccccc3)c3ccccc3B2C2=C(C(/C=C\C)=C(C)C2(C)C)N1c1ccccc1. The molecule has 2 aliphatic heterocycles. The van der Waals surface area contributed by atoms with Crippen LogP contribution in [-0.4, -0.2) is 6.71 Å². The summed E-state index contributed by atoms with van der Waals surface area (Å²) >= 11 is 0. The molecule has 2 heterocycles. The van der Waals surface area contributed by atoms with Crippen LogP contribution in [0.3, 0.4) is 0 Å². The van der Waals surface area contributed by atoms with E-state index in [4.69, 9.17) is 6.58 Å². The highest BCUT2D eigenvalue weighted by Crippen LogP contribution is 2.56. The van der Waals surface area contributed by atoms with Crippen LogP contribution in [-0.2, 0) is 0 Å². The molecule has 0 amide bonds. The van der Waals surface area contributed by atoms with Gasteiger partial charge in [-0.3, -0.25) is 0 Å². The Morgan fingerprint density at radius 2 is 1.31 bits per heavy atom. The number of anilines is 3. The summed E-state index contributed by atoms with van der Waals surface area (Å²) in [6.07, 6.45) is 8.87. The second kappa shape index (κ2) is 9.50. The number of hydrogen-bond donors (Lipinski definition) is 0. The molecule has 0 radical (unpaired) electrons. The molecule has 0 atom stereocenters. The maximum atomic E-state index is 4.84. The molecular weight excluding hydrogens is 471 g/mol. The fourth-order valence-corrected chi connectivity index (χ4v) is 6.66. The molecule has 0 unspecified atom stereocenters. The van der Waals surface area contributed by atoms with Crippen molar-refractivity contribution in [3.63, 3.8) is 0 Å². The summed E-state index contributed by atoms with van der Waals surface area (Å²) in [4.78, 5) is 4.82. The van der Waals surface area contributed by atoms with E-state index in [0.29, 0.717) is 0 Å². The van der Waals surface area contributed by atoms with Crippen molar-refractivity contribution >= 4 is 29.2 Å². The number of allylic oxidation sites excluding steroid dienone is 7. The lowest BCUT2D eigenvalue weighted by atomic mass is 9.29. The highest BCUT2D eigenvalue weighted by Gasteiger charge is 2.53. The van der Waals surface area contributed by atoms with Gasteiger partial charge in [-0.15, -0.1) is 0 Å². The number of hydrogen-bond acceptors (Lipinski definition) is 2. The summed E-state index contributed by atoms with van der Waals surface area (Å²) in [5.74, 6) is 0. The molecule has 3 aromatic carbocycles. The lowest BCUT2D eigenvalue weighted by Crippen LogP contribution is -2.52. The van der Waals surface area contributed by atoms with Crippen molar-refractivity contribution < 1.29 is 0 Å². The van der Waals surface area contributed by atoms with Crippen molar-refractivity contribution in [3.05, 3.63) is 155 Å². The molecule has 0 spiro atoms. The highest BCUT2D eigenvalue weighted by molar-refractivity contribution is 6.89. The molecule has 3 aliphatic rings. The molecule has 0 bridgehead atoms. The standard InChI is InChI=1S/C36H35BN2/c1-7-17-29-25(3)36(5,6)35-34(29)38(27-19-11-9-12-20-27)26(4)33-32(18-8-2)39(28-21-13-10-14-22-28)31-24-16-15-23-30(31)37(33)35/h7-24H,4H2,1-3,5-6H3/b17-7-,18-8-. The van der Waals surface area contributed by atoms with Gasteiger partial charge in [0.25, 0.3) is 0 Å². The molecular formula is C36H35BN2. The van der Waals surface area contributed by atoms with E-state index >= 15 is 0 Å². The molecule has 3 aromatic rings. The molecule has 3 heteroatoms. The van der Waals surface area contributed by atoms with Crippen molar-refractivity contribution in [3.8, 4) is 0 Å². The van der Waals surface area contributed by atoms with Crippen LogP contribution in [0.2, 0.25) is 0 Å². The monoisotopic (exact) mass is 506 g/mol. The van der Waals surface area contributed by atoms with Gasteiger partial charge in [0.15, 0.2) is 0 Å². The van der Waals surface area contributed by atoms with Gasteiger partial charge in [-0.1, -0.05) is 104 Å². The van der Waals surface area contributed by atoms with Crippen molar-refractivity contribution in [1.29, 1.82) is 0 Å². The summed E-state index contributed by atoms with van der Waals surface area (Å²) in [7, 11) is 0. The van der Waals surface area contributed by atoms with Crippen molar-refractivity contribution in [2.75, 3.05) is 9.80 Å². The maximum Gasteiger partial charge on any atom is 0.248 e. The zero-order valence-corrected chi connectivity index (χ0v) is 23.6. The van der Waals surface area contributed by atoms with Crippen LogP contribution < -0.4 is 15.3 Å². The van der Waals surface area contributed by atoms with Crippen LogP contribution in [0.5, 0.6) is 0 Å². The first-order chi connectivity index (χ1) is 18.9. The van der Waals surface area contributed by atoms with E-state index in [1.165, 1.54) is 44.6 Å². The smallest absolute Gasteiger partial charge is 0.248 e. The van der Waals surface area contributed by atoms with Gasteiger partial charge in [-0.2, -0.15) is 0 Å². The summed E-state index contributed by atoms with van der Waals surface area (Å²) in [6, 6.07) is 30.4. The van der Waals surface area contributed by atoms with Gasteiger partial charge < -0.3 is 9.80 Å².